The first-order chi connectivity index (χ1) is 15.1. The molecule has 0 aromatic heterocycles. The van der Waals surface area contributed by atoms with Crippen LogP contribution in [0.4, 0.5) is 0 Å². The van der Waals surface area contributed by atoms with Crippen molar-refractivity contribution >= 4 is 0 Å². The second-order valence-corrected chi connectivity index (χ2v) is 11.9. The molecule has 0 atom stereocenters. The molecule has 0 unspecified atom stereocenters. The summed E-state index contributed by atoms with van der Waals surface area (Å²) >= 11 is 0. The van der Waals surface area contributed by atoms with E-state index in [0.717, 1.165) is 50.1 Å². The van der Waals surface area contributed by atoms with Gasteiger partial charge in [-0.15, -0.1) is 0 Å². The highest BCUT2D eigenvalue weighted by Gasteiger charge is 2.37. The molecule has 2 aliphatic carbocycles. The van der Waals surface area contributed by atoms with Gasteiger partial charge >= 0.3 is 0 Å². The molecule has 182 valence electrons. The smallest absolute Gasteiger partial charge is 0.0566 e. The molecule has 2 saturated carbocycles. The average Bonchev–Trinajstić information content (AvgIpc) is 2.80. The zero-order valence-corrected chi connectivity index (χ0v) is 21.6. The molecule has 0 aromatic carbocycles. The fourth-order valence-electron chi connectivity index (χ4n) is 7.04. The van der Waals surface area contributed by atoms with Gasteiger partial charge in [0.25, 0.3) is 0 Å². The summed E-state index contributed by atoms with van der Waals surface area (Å²) in [4.78, 5) is 0. The minimum atomic E-state index is 0.348. The third-order valence-electron chi connectivity index (χ3n) is 10.3. The van der Waals surface area contributed by atoms with Crippen LogP contribution in [0.1, 0.15) is 124 Å². The zero-order valence-electron chi connectivity index (χ0n) is 21.6. The molecule has 0 radical (unpaired) electrons. The van der Waals surface area contributed by atoms with Gasteiger partial charge in [-0.2, -0.15) is 0 Å². The molecule has 3 rings (SSSR count). The SMILES string of the molecule is CCC(CC)(CC)CCCC1CCC(C2CCC(COCC3(CC)COC3)CC2)CC1. The second kappa shape index (κ2) is 12.4. The third kappa shape index (κ3) is 6.95. The molecule has 2 nitrogen and oxygen atoms in total. The Labute approximate surface area is 194 Å². The highest BCUT2D eigenvalue weighted by atomic mass is 16.5. The van der Waals surface area contributed by atoms with Crippen molar-refractivity contribution in [1.29, 1.82) is 0 Å². The largest absolute Gasteiger partial charge is 0.380 e. The van der Waals surface area contributed by atoms with Crippen molar-refractivity contribution in [2.24, 2.45) is 34.5 Å². The predicted octanol–water partition coefficient (Wildman–Crippen LogP) is 8.43. The van der Waals surface area contributed by atoms with Crippen LogP contribution >= 0.6 is 0 Å². The van der Waals surface area contributed by atoms with E-state index in [0.29, 0.717) is 10.8 Å². The minimum absolute atomic E-state index is 0.348. The number of rotatable bonds is 13. The van der Waals surface area contributed by atoms with Gasteiger partial charge < -0.3 is 9.47 Å². The molecule has 2 heteroatoms. The monoisotopic (exact) mass is 434 g/mol. The topological polar surface area (TPSA) is 18.5 Å². The van der Waals surface area contributed by atoms with Gasteiger partial charge in [-0.05, 0) is 80.5 Å². The van der Waals surface area contributed by atoms with E-state index in [4.69, 9.17) is 9.47 Å². The van der Waals surface area contributed by atoms with Gasteiger partial charge in [0.2, 0.25) is 0 Å². The van der Waals surface area contributed by atoms with Gasteiger partial charge in [0.05, 0.1) is 19.8 Å². The molecule has 1 heterocycles. The maximum atomic E-state index is 6.17. The van der Waals surface area contributed by atoms with Crippen molar-refractivity contribution in [1.82, 2.24) is 0 Å². The normalized spacial score (nSPS) is 31.4. The zero-order chi connectivity index (χ0) is 22.2. The maximum Gasteiger partial charge on any atom is 0.0566 e. The van der Waals surface area contributed by atoms with Gasteiger partial charge in [0, 0.05) is 12.0 Å². The molecular formula is C29H54O2. The molecule has 0 bridgehead atoms. The van der Waals surface area contributed by atoms with E-state index < -0.39 is 0 Å². The van der Waals surface area contributed by atoms with Gasteiger partial charge in [0.15, 0.2) is 0 Å². The summed E-state index contributed by atoms with van der Waals surface area (Å²) in [6, 6.07) is 0. The van der Waals surface area contributed by atoms with E-state index in [1.165, 1.54) is 96.3 Å². The van der Waals surface area contributed by atoms with Crippen LogP contribution < -0.4 is 0 Å². The van der Waals surface area contributed by atoms with Gasteiger partial charge in [0.1, 0.15) is 0 Å². The highest BCUT2D eigenvalue weighted by molar-refractivity contribution is 4.85. The van der Waals surface area contributed by atoms with Crippen LogP contribution in [0.5, 0.6) is 0 Å². The lowest BCUT2D eigenvalue weighted by atomic mass is 9.68. The predicted molar refractivity (Wildman–Crippen MR) is 132 cm³/mol. The van der Waals surface area contributed by atoms with Crippen molar-refractivity contribution in [3.05, 3.63) is 0 Å². The lowest BCUT2D eigenvalue weighted by Crippen LogP contribution is -2.46. The lowest BCUT2D eigenvalue weighted by Gasteiger charge is -2.41. The molecular weight excluding hydrogens is 380 g/mol. The van der Waals surface area contributed by atoms with Crippen LogP contribution in [0.25, 0.3) is 0 Å². The van der Waals surface area contributed by atoms with E-state index in [2.05, 4.69) is 27.7 Å². The lowest BCUT2D eigenvalue weighted by molar-refractivity contribution is -0.153. The van der Waals surface area contributed by atoms with Gasteiger partial charge in [-0.3, -0.25) is 0 Å². The Balaban J connectivity index is 1.27. The first kappa shape index (κ1) is 25.5. The van der Waals surface area contributed by atoms with Crippen molar-refractivity contribution in [3.8, 4) is 0 Å². The molecule has 0 spiro atoms. The molecule has 1 saturated heterocycles. The van der Waals surface area contributed by atoms with Crippen LogP contribution in [-0.2, 0) is 9.47 Å². The van der Waals surface area contributed by atoms with Crippen LogP contribution in [0.3, 0.4) is 0 Å². The van der Waals surface area contributed by atoms with Crippen molar-refractivity contribution in [3.63, 3.8) is 0 Å². The average molecular weight is 435 g/mol. The Morgan fingerprint density at radius 1 is 0.774 bits per heavy atom. The fourth-order valence-corrected chi connectivity index (χ4v) is 7.04. The van der Waals surface area contributed by atoms with Crippen molar-refractivity contribution in [2.45, 2.75) is 124 Å². The maximum absolute atomic E-state index is 6.17. The van der Waals surface area contributed by atoms with Crippen LogP contribution in [0, 0.1) is 34.5 Å². The van der Waals surface area contributed by atoms with Gasteiger partial charge in [-0.1, -0.05) is 72.6 Å². The first-order valence-corrected chi connectivity index (χ1v) is 14.2. The van der Waals surface area contributed by atoms with E-state index in [1.54, 1.807) is 0 Å². The fraction of sp³-hybridized carbons (Fsp3) is 1.00. The molecule has 3 fully saturated rings. The van der Waals surface area contributed by atoms with Crippen LogP contribution in [-0.4, -0.2) is 26.4 Å². The Kier molecular flexibility index (Phi) is 10.2. The Hall–Kier alpha value is -0.0800. The molecule has 3 aliphatic rings. The Bertz CT molecular complexity index is 463. The number of hydrogen-bond acceptors (Lipinski definition) is 2. The van der Waals surface area contributed by atoms with E-state index in [-0.39, 0.29) is 0 Å². The molecule has 0 aromatic rings. The Morgan fingerprint density at radius 3 is 1.77 bits per heavy atom. The third-order valence-corrected chi connectivity index (χ3v) is 10.3. The number of ether oxygens (including phenoxy) is 2. The molecule has 0 N–H and O–H groups in total. The number of hydrogen-bond donors (Lipinski definition) is 0. The summed E-state index contributed by atoms with van der Waals surface area (Å²) in [6.45, 7) is 13.2. The van der Waals surface area contributed by atoms with Crippen molar-refractivity contribution in [2.75, 3.05) is 26.4 Å². The minimum Gasteiger partial charge on any atom is -0.380 e. The summed E-state index contributed by atoms with van der Waals surface area (Å²) < 4.78 is 11.6. The standard InChI is InChI=1S/C29H54O2/c1-5-28(6-2,7-3)19-9-10-24-11-15-26(16-12-24)27-17-13-25(14-18-27)20-30-21-29(8-4)22-31-23-29/h24-27H,5-23H2,1-4H3. The van der Waals surface area contributed by atoms with E-state index >= 15 is 0 Å². The van der Waals surface area contributed by atoms with E-state index in [9.17, 15) is 0 Å². The Morgan fingerprint density at radius 2 is 1.32 bits per heavy atom. The quantitative estimate of drug-likeness (QED) is 0.289. The van der Waals surface area contributed by atoms with Crippen molar-refractivity contribution < 1.29 is 9.47 Å². The summed E-state index contributed by atoms with van der Waals surface area (Å²) in [5, 5.41) is 0. The summed E-state index contributed by atoms with van der Waals surface area (Å²) in [7, 11) is 0. The second-order valence-electron chi connectivity index (χ2n) is 11.9. The molecule has 31 heavy (non-hydrogen) atoms. The van der Waals surface area contributed by atoms with E-state index in [1.807, 2.05) is 0 Å². The van der Waals surface area contributed by atoms with Crippen LogP contribution in [0.15, 0.2) is 0 Å². The summed E-state index contributed by atoms with van der Waals surface area (Å²) in [5.41, 5.74) is 0.989. The van der Waals surface area contributed by atoms with Crippen LogP contribution in [0.2, 0.25) is 0 Å². The molecule has 1 aliphatic heterocycles. The highest BCUT2D eigenvalue weighted by Crippen LogP contribution is 2.43. The summed E-state index contributed by atoms with van der Waals surface area (Å²) in [6.07, 6.45) is 21.6. The van der Waals surface area contributed by atoms with Gasteiger partial charge in [-0.25, -0.2) is 0 Å². The first-order valence-electron chi connectivity index (χ1n) is 14.2. The molecule has 0 amide bonds. The summed E-state index contributed by atoms with van der Waals surface area (Å²) in [5.74, 6) is 3.91.